The van der Waals surface area contributed by atoms with Crippen LogP contribution in [0.5, 0.6) is 0 Å². The van der Waals surface area contributed by atoms with Crippen LogP contribution in [0.1, 0.15) is 19.8 Å². The average molecular weight is 251 g/mol. The van der Waals surface area contributed by atoms with Crippen LogP contribution in [-0.4, -0.2) is 35.8 Å². The van der Waals surface area contributed by atoms with Crippen molar-refractivity contribution in [2.24, 2.45) is 0 Å². The molecule has 98 valence electrons. The van der Waals surface area contributed by atoms with E-state index in [9.17, 15) is 14.4 Å². The summed E-state index contributed by atoms with van der Waals surface area (Å²) in [5.74, 6) is -0.712. The summed E-state index contributed by atoms with van der Waals surface area (Å²) in [6, 6.07) is 0. The summed E-state index contributed by atoms with van der Waals surface area (Å²) in [7, 11) is 0. The van der Waals surface area contributed by atoms with Gasteiger partial charge in [-0.1, -0.05) is 13.5 Å². The number of hydrogen-bond acceptors (Lipinski definition) is 3. The predicted octanol–water partition coefficient (Wildman–Crippen LogP) is -0.112. The van der Waals surface area contributed by atoms with Gasteiger partial charge in [0, 0.05) is 18.2 Å². The molecule has 1 aliphatic rings. The molecule has 3 amide bonds. The molecule has 0 saturated carbocycles. The number of amides is 3. The Morgan fingerprint density at radius 3 is 2.50 bits per heavy atom. The van der Waals surface area contributed by atoms with Crippen molar-refractivity contribution >= 4 is 17.7 Å². The van der Waals surface area contributed by atoms with Gasteiger partial charge in [0.15, 0.2) is 0 Å². The van der Waals surface area contributed by atoms with Crippen molar-refractivity contribution in [2.45, 2.75) is 19.8 Å². The minimum Gasteiger partial charge on any atom is -0.339 e. The van der Waals surface area contributed by atoms with Crippen molar-refractivity contribution in [1.82, 2.24) is 15.5 Å². The Kier molecular flexibility index (Phi) is 5.10. The zero-order valence-electron chi connectivity index (χ0n) is 10.4. The van der Waals surface area contributed by atoms with Crippen molar-refractivity contribution in [1.29, 1.82) is 0 Å². The molecule has 0 aromatic heterocycles. The normalized spacial score (nSPS) is 13.9. The quantitative estimate of drug-likeness (QED) is 0.646. The molecule has 6 heteroatoms. The lowest BCUT2D eigenvalue weighted by molar-refractivity contribution is -0.130. The van der Waals surface area contributed by atoms with Gasteiger partial charge in [0.2, 0.25) is 11.8 Å². The van der Waals surface area contributed by atoms with E-state index in [0.29, 0.717) is 12.1 Å². The zero-order chi connectivity index (χ0) is 13.5. The van der Waals surface area contributed by atoms with Crippen LogP contribution in [0.4, 0.5) is 0 Å². The van der Waals surface area contributed by atoms with Gasteiger partial charge in [0.05, 0.1) is 6.67 Å². The molecule has 1 rings (SSSR count). The van der Waals surface area contributed by atoms with Crippen LogP contribution in [0, 0.1) is 0 Å². The van der Waals surface area contributed by atoms with Crippen molar-refractivity contribution in [2.75, 3.05) is 13.2 Å². The second-order valence-corrected chi connectivity index (χ2v) is 3.88. The van der Waals surface area contributed by atoms with Crippen LogP contribution in [0.3, 0.4) is 0 Å². The Hall–Kier alpha value is -2.11. The van der Waals surface area contributed by atoms with E-state index in [4.69, 9.17) is 0 Å². The van der Waals surface area contributed by atoms with Crippen LogP contribution < -0.4 is 10.6 Å². The molecule has 0 fully saturated rings. The minimum atomic E-state index is -0.343. The molecular formula is C12H17N3O3. The summed E-state index contributed by atoms with van der Waals surface area (Å²) in [6.07, 6.45) is 4.10. The van der Waals surface area contributed by atoms with Gasteiger partial charge < -0.3 is 15.5 Å². The zero-order valence-corrected chi connectivity index (χ0v) is 10.4. The maximum atomic E-state index is 11.5. The molecule has 0 aromatic carbocycles. The predicted molar refractivity (Wildman–Crippen MR) is 66.1 cm³/mol. The van der Waals surface area contributed by atoms with E-state index in [0.717, 1.165) is 6.42 Å². The molecule has 1 heterocycles. The SMILES string of the molecule is C=C1C=CC(=O)N1CC(=O)NCNC(=O)CCC. The van der Waals surface area contributed by atoms with Crippen LogP contribution in [0.15, 0.2) is 24.4 Å². The average Bonchev–Trinajstić information content (AvgIpc) is 2.61. The van der Waals surface area contributed by atoms with Crippen LogP contribution >= 0.6 is 0 Å². The summed E-state index contributed by atoms with van der Waals surface area (Å²) in [4.78, 5) is 35.2. The van der Waals surface area contributed by atoms with Crippen molar-refractivity contribution < 1.29 is 14.4 Å². The molecular weight excluding hydrogens is 234 g/mol. The molecule has 0 unspecified atom stereocenters. The largest absolute Gasteiger partial charge is 0.339 e. The van der Waals surface area contributed by atoms with E-state index >= 15 is 0 Å². The summed E-state index contributed by atoms with van der Waals surface area (Å²) >= 11 is 0. The van der Waals surface area contributed by atoms with Gasteiger partial charge in [0.1, 0.15) is 6.54 Å². The third-order valence-corrected chi connectivity index (χ3v) is 2.38. The highest BCUT2D eigenvalue weighted by atomic mass is 16.2. The second-order valence-electron chi connectivity index (χ2n) is 3.88. The molecule has 2 N–H and O–H groups in total. The third kappa shape index (κ3) is 4.04. The standard InChI is InChI=1S/C12H17N3O3/c1-3-4-10(16)13-8-14-11(17)7-15-9(2)5-6-12(15)18/h5-6H,2-4,7-8H2,1H3,(H,13,16)(H,14,17). The van der Waals surface area contributed by atoms with Crippen LogP contribution in [-0.2, 0) is 14.4 Å². The van der Waals surface area contributed by atoms with Gasteiger partial charge in [-0.05, 0) is 12.5 Å². The van der Waals surface area contributed by atoms with E-state index in [1.54, 1.807) is 6.08 Å². The minimum absolute atomic E-state index is 0.0690. The van der Waals surface area contributed by atoms with E-state index in [1.807, 2.05) is 6.92 Å². The number of nitrogens with one attached hydrogen (secondary N) is 2. The second kappa shape index (κ2) is 6.58. The highest BCUT2D eigenvalue weighted by Crippen LogP contribution is 2.11. The molecule has 0 spiro atoms. The molecule has 0 aromatic rings. The van der Waals surface area contributed by atoms with Crippen LogP contribution in [0.2, 0.25) is 0 Å². The smallest absolute Gasteiger partial charge is 0.251 e. The molecule has 0 atom stereocenters. The lowest BCUT2D eigenvalue weighted by Crippen LogP contribution is -2.42. The highest BCUT2D eigenvalue weighted by Gasteiger charge is 2.20. The Balaban J connectivity index is 2.24. The molecule has 0 saturated heterocycles. The fourth-order valence-electron chi connectivity index (χ4n) is 1.42. The molecule has 6 nitrogen and oxygen atoms in total. The first-order valence-corrected chi connectivity index (χ1v) is 5.76. The number of rotatable bonds is 6. The molecule has 18 heavy (non-hydrogen) atoms. The molecule has 0 bridgehead atoms. The molecule has 0 radical (unpaired) electrons. The van der Waals surface area contributed by atoms with Gasteiger partial charge in [-0.3, -0.25) is 14.4 Å². The van der Waals surface area contributed by atoms with Gasteiger partial charge in [-0.15, -0.1) is 0 Å². The Morgan fingerprint density at radius 2 is 1.94 bits per heavy atom. The first-order valence-electron chi connectivity index (χ1n) is 5.76. The first kappa shape index (κ1) is 14.0. The van der Waals surface area contributed by atoms with Crippen molar-refractivity contribution in [3.63, 3.8) is 0 Å². The summed E-state index contributed by atoms with van der Waals surface area (Å²) in [6.45, 7) is 5.52. The van der Waals surface area contributed by atoms with Crippen LogP contribution in [0.25, 0.3) is 0 Å². The van der Waals surface area contributed by atoms with Gasteiger partial charge in [0.25, 0.3) is 5.91 Å². The summed E-state index contributed by atoms with van der Waals surface area (Å²) < 4.78 is 0. The highest BCUT2D eigenvalue weighted by molar-refractivity contribution is 5.96. The van der Waals surface area contributed by atoms with E-state index < -0.39 is 0 Å². The number of allylic oxidation sites excluding steroid dienone is 1. The first-order chi connectivity index (χ1) is 8.54. The van der Waals surface area contributed by atoms with E-state index in [2.05, 4.69) is 17.2 Å². The maximum absolute atomic E-state index is 11.5. The third-order valence-electron chi connectivity index (χ3n) is 2.38. The van der Waals surface area contributed by atoms with E-state index in [-0.39, 0.29) is 30.9 Å². The maximum Gasteiger partial charge on any atom is 0.251 e. The number of carbonyl (C=O) groups excluding carboxylic acids is 3. The lowest BCUT2D eigenvalue weighted by atomic mass is 10.3. The van der Waals surface area contributed by atoms with E-state index in [1.165, 1.54) is 11.0 Å². The van der Waals surface area contributed by atoms with Crippen molar-refractivity contribution in [3.05, 3.63) is 24.4 Å². The fourth-order valence-corrected chi connectivity index (χ4v) is 1.42. The summed E-state index contributed by atoms with van der Waals surface area (Å²) in [5, 5.41) is 5.06. The Labute approximate surface area is 106 Å². The monoisotopic (exact) mass is 251 g/mol. The molecule has 1 aliphatic heterocycles. The summed E-state index contributed by atoms with van der Waals surface area (Å²) in [5.41, 5.74) is 0.491. The van der Waals surface area contributed by atoms with Gasteiger partial charge in [-0.25, -0.2) is 0 Å². The topological polar surface area (TPSA) is 78.5 Å². The van der Waals surface area contributed by atoms with Gasteiger partial charge >= 0.3 is 0 Å². The Morgan fingerprint density at radius 1 is 1.28 bits per heavy atom. The van der Waals surface area contributed by atoms with Gasteiger partial charge in [-0.2, -0.15) is 0 Å². The lowest BCUT2D eigenvalue weighted by Gasteiger charge is -2.16. The fraction of sp³-hybridized carbons (Fsp3) is 0.417. The Bertz CT molecular complexity index is 383. The number of hydrogen-bond donors (Lipinski definition) is 2. The molecule has 0 aliphatic carbocycles. The number of nitrogens with zero attached hydrogens (tertiary/aromatic N) is 1. The van der Waals surface area contributed by atoms with Crippen molar-refractivity contribution in [3.8, 4) is 0 Å². The number of carbonyl (C=O) groups is 3.